The van der Waals surface area contributed by atoms with Gasteiger partial charge in [-0.05, 0) is 31.2 Å². The minimum atomic E-state index is -0.348. The lowest BCUT2D eigenvalue weighted by Gasteiger charge is -2.27. The molecule has 29 heavy (non-hydrogen) atoms. The number of nitrogens with one attached hydrogen (secondary N) is 1. The molecule has 2 aromatic carbocycles. The Hall–Kier alpha value is -3.52. The molecule has 4 rings (SSSR count). The van der Waals surface area contributed by atoms with Gasteiger partial charge in [0.1, 0.15) is 6.33 Å². The first-order valence-electron chi connectivity index (χ1n) is 9.45. The van der Waals surface area contributed by atoms with Crippen molar-refractivity contribution in [3.8, 4) is 0 Å². The zero-order valence-corrected chi connectivity index (χ0v) is 16.2. The van der Waals surface area contributed by atoms with Crippen molar-refractivity contribution in [1.29, 1.82) is 0 Å². The first-order valence-corrected chi connectivity index (χ1v) is 9.45. The molecule has 0 spiro atoms. The molecule has 0 radical (unpaired) electrons. The predicted molar refractivity (Wildman–Crippen MR) is 112 cm³/mol. The van der Waals surface area contributed by atoms with Gasteiger partial charge >= 0.3 is 6.03 Å². The van der Waals surface area contributed by atoms with Crippen LogP contribution in [0, 0.1) is 6.92 Å². The lowest BCUT2D eigenvalue weighted by Crippen LogP contribution is -2.38. The molecule has 1 saturated heterocycles. The summed E-state index contributed by atoms with van der Waals surface area (Å²) in [5.74, 6) is 0.791. The van der Waals surface area contributed by atoms with Gasteiger partial charge in [-0.3, -0.25) is 0 Å². The molecule has 0 bridgehead atoms. The van der Waals surface area contributed by atoms with Crippen LogP contribution in [0.25, 0.3) is 0 Å². The number of amides is 2. The molecular weight excluding hydrogens is 368 g/mol. The Morgan fingerprint density at radius 2 is 1.76 bits per heavy atom. The van der Waals surface area contributed by atoms with Gasteiger partial charge in [-0.1, -0.05) is 35.9 Å². The first-order chi connectivity index (χ1) is 14.2. The van der Waals surface area contributed by atoms with E-state index in [1.54, 1.807) is 0 Å². The molecule has 1 aromatic heterocycles. The molecule has 0 unspecified atom stereocenters. The van der Waals surface area contributed by atoms with Crippen LogP contribution in [-0.4, -0.2) is 47.3 Å². The highest BCUT2D eigenvalue weighted by Crippen LogP contribution is 2.24. The number of urea groups is 1. The average Bonchev–Trinajstić information content (AvgIpc) is 2.77. The molecule has 8 nitrogen and oxygen atoms in total. The van der Waals surface area contributed by atoms with Crippen molar-refractivity contribution in [2.45, 2.75) is 6.92 Å². The Morgan fingerprint density at radius 1 is 1.03 bits per heavy atom. The van der Waals surface area contributed by atoms with E-state index in [-0.39, 0.29) is 12.0 Å². The van der Waals surface area contributed by atoms with Gasteiger partial charge in [0.2, 0.25) is 11.9 Å². The van der Waals surface area contributed by atoms with E-state index >= 15 is 0 Å². The highest BCUT2D eigenvalue weighted by molar-refractivity contribution is 6.05. The smallest absolute Gasteiger partial charge is 0.333 e. The van der Waals surface area contributed by atoms with Crippen LogP contribution >= 0.6 is 0 Å². The van der Waals surface area contributed by atoms with Crippen molar-refractivity contribution in [2.75, 3.05) is 41.4 Å². The van der Waals surface area contributed by atoms with E-state index in [1.807, 2.05) is 66.4 Å². The van der Waals surface area contributed by atoms with Crippen LogP contribution in [-0.2, 0) is 4.74 Å². The standard InChI is InChI=1S/C21H22N6O2/c1-16-7-9-17(10-8-16)24-21(28)27(18-5-3-2-4-6-18)20-23-15-22-19(25-20)26-11-13-29-14-12-26/h2-10,15H,11-14H2,1H3,(H,24,28). The monoisotopic (exact) mass is 390 g/mol. The molecule has 1 aliphatic heterocycles. The summed E-state index contributed by atoms with van der Waals surface area (Å²) >= 11 is 0. The summed E-state index contributed by atoms with van der Waals surface area (Å²) in [4.78, 5) is 29.8. The van der Waals surface area contributed by atoms with Gasteiger partial charge in [0.05, 0.1) is 18.9 Å². The first kappa shape index (κ1) is 18.8. The molecule has 8 heteroatoms. The van der Waals surface area contributed by atoms with Crippen LogP contribution in [0.2, 0.25) is 0 Å². The lowest BCUT2D eigenvalue weighted by molar-refractivity contribution is 0.122. The number of ether oxygens (including phenoxy) is 1. The van der Waals surface area contributed by atoms with Crippen molar-refractivity contribution >= 4 is 29.3 Å². The zero-order chi connectivity index (χ0) is 20.1. The van der Waals surface area contributed by atoms with Crippen LogP contribution in [0.1, 0.15) is 5.56 Å². The summed E-state index contributed by atoms with van der Waals surface area (Å²) in [6, 6.07) is 16.6. The summed E-state index contributed by atoms with van der Waals surface area (Å²) in [7, 11) is 0. The summed E-state index contributed by atoms with van der Waals surface area (Å²) in [5, 5.41) is 2.92. The summed E-state index contributed by atoms with van der Waals surface area (Å²) in [6.07, 6.45) is 1.43. The Kier molecular flexibility index (Phi) is 5.62. The Labute approximate surface area is 169 Å². The molecule has 2 amide bonds. The maximum absolute atomic E-state index is 13.2. The number of nitrogens with zero attached hydrogens (tertiary/aromatic N) is 5. The van der Waals surface area contributed by atoms with Crippen LogP contribution in [0.3, 0.4) is 0 Å². The molecular formula is C21H22N6O2. The fourth-order valence-electron chi connectivity index (χ4n) is 3.02. The molecule has 0 aliphatic carbocycles. The minimum Gasteiger partial charge on any atom is -0.378 e. The van der Waals surface area contributed by atoms with Gasteiger partial charge in [0, 0.05) is 18.8 Å². The maximum atomic E-state index is 13.2. The quantitative estimate of drug-likeness (QED) is 0.735. The third-order valence-corrected chi connectivity index (χ3v) is 4.56. The number of benzene rings is 2. The second kappa shape index (κ2) is 8.66. The summed E-state index contributed by atoms with van der Waals surface area (Å²) in [6.45, 7) is 4.64. The number of morpholine rings is 1. The highest BCUT2D eigenvalue weighted by Gasteiger charge is 2.23. The number of carbonyl (C=O) groups is 1. The van der Waals surface area contributed by atoms with E-state index < -0.39 is 0 Å². The van der Waals surface area contributed by atoms with Gasteiger partial charge in [0.15, 0.2) is 0 Å². The zero-order valence-electron chi connectivity index (χ0n) is 16.2. The number of hydrogen-bond donors (Lipinski definition) is 1. The third-order valence-electron chi connectivity index (χ3n) is 4.56. The number of anilines is 4. The average molecular weight is 390 g/mol. The SMILES string of the molecule is Cc1ccc(NC(=O)N(c2ccccc2)c2ncnc(N3CCOCC3)n2)cc1. The van der Waals surface area contributed by atoms with E-state index in [9.17, 15) is 4.79 Å². The lowest BCUT2D eigenvalue weighted by atomic mass is 10.2. The minimum absolute atomic E-state index is 0.261. The van der Waals surface area contributed by atoms with Gasteiger partial charge in [-0.25, -0.2) is 19.7 Å². The van der Waals surface area contributed by atoms with Gasteiger partial charge in [0.25, 0.3) is 0 Å². The largest absolute Gasteiger partial charge is 0.378 e. The normalized spacial score (nSPS) is 13.8. The van der Waals surface area contributed by atoms with Crippen molar-refractivity contribution in [3.63, 3.8) is 0 Å². The summed E-state index contributed by atoms with van der Waals surface area (Å²) in [5.41, 5.74) is 2.48. The number of aromatic nitrogens is 3. The second-order valence-electron chi connectivity index (χ2n) is 6.65. The van der Waals surface area contributed by atoms with Crippen LogP contribution in [0.5, 0.6) is 0 Å². The van der Waals surface area contributed by atoms with Crippen LogP contribution in [0.4, 0.5) is 28.1 Å². The molecule has 1 aliphatic rings. The number of aryl methyl sites for hydroxylation is 1. The number of para-hydroxylation sites is 1. The van der Waals surface area contributed by atoms with Gasteiger partial charge in [-0.15, -0.1) is 0 Å². The van der Waals surface area contributed by atoms with E-state index in [0.29, 0.717) is 43.6 Å². The molecule has 148 valence electrons. The molecule has 0 saturated carbocycles. The fourth-order valence-corrected chi connectivity index (χ4v) is 3.02. The van der Waals surface area contributed by atoms with Crippen molar-refractivity contribution in [1.82, 2.24) is 15.0 Å². The Balaban J connectivity index is 1.65. The molecule has 2 heterocycles. The van der Waals surface area contributed by atoms with Gasteiger partial charge in [-0.2, -0.15) is 4.98 Å². The van der Waals surface area contributed by atoms with Crippen LogP contribution < -0.4 is 15.1 Å². The molecule has 1 N–H and O–H groups in total. The molecule has 3 aromatic rings. The number of hydrogen-bond acceptors (Lipinski definition) is 6. The van der Waals surface area contributed by atoms with Crippen molar-refractivity contribution in [2.24, 2.45) is 0 Å². The van der Waals surface area contributed by atoms with Crippen molar-refractivity contribution in [3.05, 3.63) is 66.5 Å². The Bertz CT molecular complexity index is 958. The van der Waals surface area contributed by atoms with E-state index in [4.69, 9.17) is 4.74 Å². The van der Waals surface area contributed by atoms with Crippen LogP contribution in [0.15, 0.2) is 60.9 Å². The second-order valence-corrected chi connectivity index (χ2v) is 6.65. The fraction of sp³-hybridized carbons (Fsp3) is 0.238. The maximum Gasteiger partial charge on any atom is 0.333 e. The third kappa shape index (κ3) is 4.49. The molecule has 1 fully saturated rings. The van der Waals surface area contributed by atoms with Crippen molar-refractivity contribution < 1.29 is 9.53 Å². The predicted octanol–water partition coefficient (Wildman–Crippen LogP) is 3.39. The van der Waals surface area contributed by atoms with Gasteiger partial charge < -0.3 is 15.0 Å². The molecule has 0 atom stereocenters. The Morgan fingerprint density at radius 3 is 2.48 bits per heavy atom. The topological polar surface area (TPSA) is 83.5 Å². The number of carbonyl (C=O) groups excluding carboxylic acids is 1. The number of rotatable bonds is 4. The highest BCUT2D eigenvalue weighted by atomic mass is 16.5. The van der Waals surface area contributed by atoms with E-state index in [1.165, 1.54) is 11.2 Å². The van der Waals surface area contributed by atoms with E-state index in [0.717, 1.165) is 5.56 Å². The van der Waals surface area contributed by atoms with E-state index in [2.05, 4.69) is 20.3 Å². The summed E-state index contributed by atoms with van der Waals surface area (Å²) < 4.78 is 5.39.